The lowest BCUT2D eigenvalue weighted by atomic mass is 10.1. The summed E-state index contributed by atoms with van der Waals surface area (Å²) in [5, 5.41) is 8.28. The summed E-state index contributed by atoms with van der Waals surface area (Å²) in [6.45, 7) is 4.09. The maximum atomic E-state index is 12.4. The summed E-state index contributed by atoms with van der Waals surface area (Å²) in [4.78, 5) is 16.7. The SMILES string of the molecule is CC(C)Nc1ccc(C(=O)Nc2cccc3ccccc23)cn1. The van der Waals surface area contributed by atoms with Crippen molar-refractivity contribution in [2.24, 2.45) is 0 Å². The van der Waals surface area contributed by atoms with E-state index in [2.05, 4.69) is 15.6 Å². The first-order valence-electron chi connectivity index (χ1n) is 7.65. The van der Waals surface area contributed by atoms with Gasteiger partial charge in [0.2, 0.25) is 0 Å². The predicted molar refractivity (Wildman–Crippen MR) is 94.9 cm³/mol. The number of nitrogens with one attached hydrogen (secondary N) is 2. The fourth-order valence-corrected chi connectivity index (χ4v) is 2.44. The molecule has 0 spiro atoms. The molecule has 2 aromatic carbocycles. The van der Waals surface area contributed by atoms with Gasteiger partial charge in [-0.2, -0.15) is 0 Å². The van der Waals surface area contributed by atoms with Crippen molar-refractivity contribution >= 4 is 28.2 Å². The van der Waals surface area contributed by atoms with E-state index in [1.807, 2.05) is 62.4 Å². The Morgan fingerprint density at radius 1 is 1.00 bits per heavy atom. The smallest absolute Gasteiger partial charge is 0.257 e. The number of rotatable bonds is 4. The van der Waals surface area contributed by atoms with Crippen LogP contribution in [0.1, 0.15) is 24.2 Å². The van der Waals surface area contributed by atoms with E-state index in [4.69, 9.17) is 0 Å². The number of benzene rings is 2. The second kappa shape index (κ2) is 6.48. The largest absolute Gasteiger partial charge is 0.368 e. The first kappa shape index (κ1) is 15.0. The molecular formula is C19H19N3O. The summed E-state index contributed by atoms with van der Waals surface area (Å²) < 4.78 is 0. The molecule has 4 heteroatoms. The van der Waals surface area contributed by atoms with Crippen LogP contribution in [-0.4, -0.2) is 16.9 Å². The second-order valence-electron chi connectivity index (χ2n) is 5.71. The number of hydrogen-bond acceptors (Lipinski definition) is 3. The number of carbonyl (C=O) groups is 1. The van der Waals surface area contributed by atoms with E-state index in [0.29, 0.717) is 11.6 Å². The van der Waals surface area contributed by atoms with Gasteiger partial charge >= 0.3 is 0 Å². The Bertz CT molecular complexity index is 820. The van der Waals surface area contributed by atoms with E-state index in [0.717, 1.165) is 22.3 Å². The third-order valence-corrected chi connectivity index (χ3v) is 3.50. The van der Waals surface area contributed by atoms with E-state index in [-0.39, 0.29) is 5.91 Å². The van der Waals surface area contributed by atoms with Gasteiger partial charge in [-0.25, -0.2) is 4.98 Å². The van der Waals surface area contributed by atoms with E-state index >= 15 is 0 Å². The summed E-state index contributed by atoms with van der Waals surface area (Å²) in [6, 6.07) is 17.7. The zero-order valence-corrected chi connectivity index (χ0v) is 13.2. The maximum Gasteiger partial charge on any atom is 0.257 e. The van der Waals surface area contributed by atoms with Gasteiger partial charge in [0, 0.05) is 23.3 Å². The van der Waals surface area contributed by atoms with Crippen LogP contribution in [0.5, 0.6) is 0 Å². The lowest BCUT2D eigenvalue weighted by Crippen LogP contribution is -2.14. The average molecular weight is 305 g/mol. The van der Waals surface area contributed by atoms with Gasteiger partial charge in [-0.3, -0.25) is 4.79 Å². The van der Waals surface area contributed by atoms with Crippen molar-refractivity contribution in [3.63, 3.8) is 0 Å². The van der Waals surface area contributed by atoms with Crippen molar-refractivity contribution in [2.75, 3.05) is 10.6 Å². The van der Waals surface area contributed by atoms with Gasteiger partial charge in [0.15, 0.2) is 0 Å². The number of fused-ring (bicyclic) bond motifs is 1. The van der Waals surface area contributed by atoms with Crippen molar-refractivity contribution in [1.29, 1.82) is 0 Å². The van der Waals surface area contributed by atoms with Gasteiger partial charge in [-0.1, -0.05) is 36.4 Å². The lowest BCUT2D eigenvalue weighted by Gasteiger charge is -2.10. The van der Waals surface area contributed by atoms with Gasteiger partial charge in [0.1, 0.15) is 5.82 Å². The summed E-state index contributed by atoms with van der Waals surface area (Å²) in [7, 11) is 0. The van der Waals surface area contributed by atoms with E-state index in [1.54, 1.807) is 12.3 Å². The van der Waals surface area contributed by atoms with Crippen LogP contribution >= 0.6 is 0 Å². The lowest BCUT2D eigenvalue weighted by molar-refractivity contribution is 0.102. The highest BCUT2D eigenvalue weighted by atomic mass is 16.1. The standard InChI is InChI=1S/C19H19N3O/c1-13(2)21-18-11-10-15(12-20-18)19(23)22-17-9-5-7-14-6-3-4-8-16(14)17/h3-13H,1-2H3,(H,20,21)(H,22,23). The molecule has 0 aliphatic heterocycles. The summed E-state index contributed by atoms with van der Waals surface area (Å²) in [6.07, 6.45) is 1.59. The van der Waals surface area contributed by atoms with E-state index < -0.39 is 0 Å². The number of pyridine rings is 1. The zero-order chi connectivity index (χ0) is 16.2. The monoisotopic (exact) mass is 305 g/mol. The molecule has 0 radical (unpaired) electrons. The van der Waals surface area contributed by atoms with Crippen molar-refractivity contribution in [1.82, 2.24) is 4.98 Å². The normalized spacial score (nSPS) is 10.7. The molecule has 1 heterocycles. The minimum Gasteiger partial charge on any atom is -0.368 e. The molecule has 0 unspecified atom stereocenters. The summed E-state index contributed by atoms with van der Waals surface area (Å²) in [5.74, 6) is 0.603. The Labute approximate surface area is 135 Å². The molecule has 1 aromatic heterocycles. The van der Waals surface area contributed by atoms with Gasteiger partial charge in [0.05, 0.1) is 5.56 Å². The highest BCUT2D eigenvalue weighted by molar-refractivity contribution is 6.09. The van der Waals surface area contributed by atoms with Crippen LogP contribution in [0, 0.1) is 0 Å². The molecule has 0 saturated carbocycles. The quantitative estimate of drug-likeness (QED) is 0.755. The zero-order valence-electron chi connectivity index (χ0n) is 13.2. The minimum absolute atomic E-state index is 0.162. The second-order valence-corrected chi connectivity index (χ2v) is 5.71. The van der Waals surface area contributed by atoms with Gasteiger partial charge in [-0.05, 0) is 37.4 Å². The highest BCUT2D eigenvalue weighted by Gasteiger charge is 2.09. The average Bonchev–Trinajstić information content (AvgIpc) is 2.55. The molecule has 0 aliphatic carbocycles. The van der Waals surface area contributed by atoms with Crippen molar-refractivity contribution in [3.8, 4) is 0 Å². The Balaban J connectivity index is 1.81. The molecule has 1 amide bonds. The summed E-state index contributed by atoms with van der Waals surface area (Å²) in [5.41, 5.74) is 1.34. The van der Waals surface area contributed by atoms with Crippen LogP contribution in [0.25, 0.3) is 10.8 Å². The maximum absolute atomic E-state index is 12.4. The van der Waals surface area contributed by atoms with Crippen LogP contribution in [0.3, 0.4) is 0 Å². The van der Waals surface area contributed by atoms with Crippen LogP contribution in [0.4, 0.5) is 11.5 Å². The van der Waals surface area contributed by atoms with Crippen LogP contribution in [0.2, 0.25) is 0 Å². The molecule has 0 atom stereocenters. The van der Waals surface area contributed by atoms with Crippen molar-refractivity contribution < 1.29 is 4.79 Å². The van der Waals surface area contributed by atoms with Gasteiger partial charge in [0.25, 0.3) is 5.91 Å². The van der Waals surface area contributed by atoms with Crippen molar-refractivity contribution in [2.45, 2.75) is 19.9 Å². The molecule has 3 aromatic rings. The molecule has 0 bridgehead atoms. The number of hydrogen-bond donors (Lipinski definition) is 2. The molecular weight excluding hydrogens is 286 g/mol. The highest BCUT2D eigenvalue weighted by Crippen LogP contribution is 2.23. The number of amides is 1. The number of carbonyl (C=O) groups excluding carboxylic acids is 1. The Hall–Kier alpha value is -2.88. The molecule has 0 fully saturated rings. The van der Waals surface area contributed by atoms with Gasteiger partial charge in [-0.15, -0.1) is 0 Å². The predicted octanol–water partition coefficient (Wildman–Crippen LogP) is 4.31. The molecule has 3 rings (SSSR count). The van der Waals surface area contributed by atoms with E-state index in [1.165, 1.54) is 0 Å². The Morgan fingerprint density at radius 2 is 1.78 bits per heavy atom. The first-order chi connectivity index (χ1) is 11.1. The topological polar surface area (TPSA) is 54.0 Å². The Morgan fingerprint density at radius 3 is 2.52 bits per heavy atom. The first-order valence-corrected chi connectivity index (χ1v) is 7.65. The van der Waals surface area contributed by atoms with Gasteiger partial charge < -0.3 is 10.6 Å². The minimum atomic E-state index is -0.162. The molecule has 23 heavy (non-hydrogen) atoms. The number of aromatic nitrogens is 1. The van der Waals surface area contributed by atoms with E-state index in [9.17, 15) is 4.79 Å². The number of nitrogens with zero attached hydrogens (tertiary/aromatic N) is 1. The van der Waals surface area contributed by atoms with Crippen LogP contribution < -0.4 is 10.6 Å². The van der Waals surface area contributed by atoms with Crippen LogP contribution in [0.15, 0.2) is 60.8 Å². The third kappa shape index (κ3) is 3.48. The molecule has 0 aliphatic rings. The third-order valence-electron chi connectivity index (χ3n) is 3.50. The van der Waals surface area contributed by atoms with Crippen molar-refractivity contribution in [3.05, 3.63) is 66.4 Å². The Kier molecular flexibility index (Phi) is 4.24. The molecule has 116 valence electrons. The molecule has 4 nitrogen and oxygen atoms in total. The van der Waals surface area contributed by atoms with Crippen LogP contribution in [-0.2, 0) is 0 Å². The molecule has 0 saturated heterocycles. The number of anilines is 2. The fraction of sp³-hybridized carbons (Fsp3) is 0.158. The fourth-order valence-electron chi connectivity index (χ4n) is 2.44. The summed E-state index contributed by atoms with van der Waals surface area (Å²) >= 11 is 0. The molecule has 2 N–H and O–H groups in total.